The average molecular weight is 461 g/mol. The van der Waals surface area contributed by atoms with Gasteiger partial charge in [-0.3, -0.25) is 4.79 Å². The summed E-state index contributed by atoms with van der Waals surface area (Å²) in [5, 5.41) is 5.85. The summed E-state index contributed by atoms with van der Waals surface area (Å²) in [5.74, 6) is 0.360. The van der Waals surface area contributed by atoms with E-state index >= 15 is 0 Å². The van der Waals surface area contributed by atoms with Crippen LogP contribution in [-0.4, -0.2) is 61.7 Å². The summed E-state index contributed by atoms with van der Waals surface area (Å²) in [4.78, 5) is 15.4. The molecule has 2 aromatic heterocycles. The molecule has 31 heavy (non-hydrogen) atoms. The van der Waals surface area contributed by atoms with E-state index in [1.165, 1.54) is 15.1 Å². The molecule has 0 atom stereocenters. The van der Waals surface area contributed by atoms with Gasteiger partial charge in [0.1, 0.15) is 15.5 Å². The number of hydrogen-bond donors (Lipinski definition) is 0. The number of aromatic nitrogens is 2. The molecule has 0 N–H and O–H groups in total. The predicted molar refractivity (Wildman–Crippen MR) is 120 cm³/mol. The third-order valence-corrected chi connectivity index (χ3v) is 8.29. The van der Waals surface area contributed by atoms with Crippen LogP contribution in [0.5, 0.6) is 5.75 Å². The fraction of sp³-hybridized carbons (Fsp3) is 0.333. The number of thiophene rings is 1. The van der Waals surface area contributed by atoms with Gasteiger partial charge in [0, 0.05) is 37.6 Å². The Morgan fingerprint density at radius 3 is 2.32 bits per heavy atom. The number of carbonyl (C=O) groups excluding carboxylic acids is 1. The van der Waals surface area contributed by atoms with Gasteiger partial charge in [0.05, 0.1) is 12.8 Å². The summed E-state index contributed by atoms with van der Waals surface area (Å²) < 4.78 is 34.6. The van der Waals surface area contributed by atoms with Gasteiger partial charge >= 0.3 is 0 Å². The Morgan fingerprint density at radius 1 is 1.06 bits per heavy atom. The highest BCUT2D eigenvalue weighted by Crippen LogP contribution is 2.28. The van der Waals surface area contributed by atoms with Gasteiger partial charge in [-0.2, -0.15) is 9.40 Å². The van der Waals surface area contributed by atoms with Crippen LogP contribution in [0.3, 0.4) is 0 Å². The van der Waals surface area contributed by atoms with Gasteiger partial charge in [-0.25, -0.2) is 13.1 Å². The van der Waals surface area contributed by atoms with Gasteiger partial charge in [0.25, 0.3) is 5.91 Å². The van der Waals surface area contributed by atoms with Crippen molar-refractivity contribution >= 4 is 33.0 Å². The Kier molecular flexibility index (Phi) is 5.87. The molecule has 0 aliphatic carbocycles. The van der Waals surface area contributed by atoms with Crippen molar-refractivity contribution < 1.29 is 17.9 Å². The lowest BCUT2D eigenvalue weighted by Gasteiger charge is -2.35. The van der Waals surface area contributed by atoms with Gasteiger partial charge in [0.2, 0.25) is 10.0 Å². The van der Waals surface area contributed by atoms with Gasteiger partial charge < -0.3 is 9.64 Å². The van der Waals surface area contributed by atoms with Crippen molar-refractivity contribution in [1.82, 2.24) is 14.1 Å². The Labute approximate surface area is 185 Å². The van der Waals surface area contributed by atoms with E-state index in [2.05, 4.69) is 10.00 Å². The molecule has 0 bridgehead atoms. The summed E-state index contributed by atoms with van der Waals surface area (Å²) in [5.41, 5.74) is 2.41. The smallest absolute Gasteiger partial charge is 0.289 e. The lowest BCUT2D eigenvalue weighted by molar-refractivity contribution is 0.0943. The number of methoxy groups -OCH3 is 1. The van der Waals surface area contributed by atoms with Crippen LogP contribution in [0.2, 0.25) is 0 Å². The van der Waals surface area contributed by atoms with Crippen molar-refractivity contribution in [2.75, 3.05) is 38.2 Å². The Hall–Kier alpha value is -2.69. The van der Waals surface area contributed by atoms with Crippen molar-refractivity contribution in [3.05, 3.63) is 58.0 Å². The summed E-state index contributed by atoms with van der Waals surface area (Å²) >= 11 is 1.12. The number of piperazine rings is 1. The molecule has 1 saturated heterocycles. The first-order chi connectivity index (χ1) is 14.8. The zero-order chi connectivity index (χ0) is 22.2. The van der Waals surface area contributed by atoms with Crippen LogP contribution in [-0.2, 0) is 10.0 Å². The largest absolute Gasteiger partial charge is 0.497 e. The number of rotatable bonds is 5. The van der Waals surface area contributed by atoms with Gasteiger partial charge in [-0.1, -0.05) is 0 Å². The third-order valence-electron chi connectivity index (χ3n) is 5.32. The molecule has 0 spiro atoms. The first-order valence-electron chi connectivity index (χ1n) is 9.86. The van der Waals surface area contributed by atoms with E-state index in [0.29, 0.717) is 37.6 Å². The molecule has 0 saturated carbocycles. The second-order valence-corrected chi connectivity index (χ2v) is 10.2. The molecule has 10 heteroatoms. The summed E-state index contributed by atoms with van der Waals surface area (Å²) in [6, 6.07) is 11.0. The standard InChI is InChI=1S/C21H24N4O4S2/c1-15-14-16(2)25(22-15)21(26)20-19(8-13-30-20)31(27,28)24-11-9-23(10-12-24)17-4-6-18(29-3)7-5-17/h4-8,13-14H,9-12H2,1-3H3. The minimum atomic E-state index is -3.79. The van der Waals surface area contributed by atoms with E-state index in [1.807, 2.05) is 24.3 Å². The third kappa shape index (κ3) is 4.10. The van der Waals surface area contributed by atoms with Gasteiger partial charge in [-0.15, -0.1) is 11.3 Å². The highest BCUT2D eigenvalue weighted by molar-refractivity contribution is 7.89. The maximum atomic E-state index is 13.3. The molecule has 8 nitrogen and oxygen atoms in total. The number of carbonyl (C=O) groups is 1. The molecule has 1 aliphatic heterocycles. The van der Waals surface area contributed by atoms with Crippen LogP contribution in [0.1, 0.15) is 21.1 Å². The molecule has 1 fully saturated rings. The molecule has 4 rings (SSSR count). The summed E-state index contributed by atoms with van der Waals surface area (Å²) in [6.45, 7) is 5.39. The molecular formula is C21H24N4O4S2. The van der Waals surface area contributed by atoms with E-state index in [4.69, 9.17) is 4.74 Å². The molecule has 164 valence electrons. The maximum Gasteiger partial charge on any atom is 0.289 e. The Morgan fingerprint density at radius 2 is 1.74 bits per heavy atom. The van der Waals surface area contributed by atoms with Crippen LogP contribution in [0.25, 0.3) is 0 Å². The van der Waals surface area contributed by atoms with E-state index in [1.54, 1.807) is 32.4 Å². The minimum Gasteiger partial charge on any atom is -0.497 e. The number of anilines is 1. The first-order valence-corrected chi connectivity index (χ1v) is 12.2. The van der Waals surface area contributed by atoms with Crippen molar-refractivity contribution in [2.24, 2.45) is 0 Å². The highest BCUT2D eigenvalue weighted by atomic mass is 32.2. The SMILES string of the molecule is COc1ccc(N2CCN(S(=O)(=O)c3ccsc3C(=O)n3nc(C)cc3C)CC2)cc1. The number of ether oxygens (including phenoxy) is 1. The molecule has 3 heterocycles. The molecule has 0 amide bonds. The second kappa shape index (κ2) is 8.45. The lowest BCUT2D eigenvalue weighted by Crippen LogP contribution is -2.48. The van der Waals surface area contributed by atoms with E-state index in [9.17, 15) is 13.2 Å². The normalized spacial score (nSPS) is 15.3. The van der Waals surface area contributed by atoms with E-state index in [-0.39, 0.29) is 9.77 Å². The number of sulfonamides is 1. The van der Waals surface area contributed by atoms with Gasteiger partial charge in [0.15, 0.2) is 0 Å². The Balaban J connectivity index is 1.52. The van der Waals surface area contributed by atoms with E-state index < -0.39 is 15.9 Å². The van der Waals surface area contributed by atoms with Crippen LogP contribution < -0.4 is 9.64 Å². The number of benzene rings is 1. The Bertz CT molecular complexity index is 1190. The first kappa shape index (κ1) is 21.5. The fourth-order valence-electron chi connectivity index (χ4n) is 3.71. The fourth-order valence-corrected chi connectivity index (χ4v) is 6.45. The minimum absolute atomic E-state index is 0.0490. The van der Waals surface area contributed by atoms with E-state index in [0.717, 1.165) is 22.8 Å². The van der Waals surface area contributed by atoms with Crippen molar-refractivity contribution in [3.8, 4) is 5.75 Å². The number of nitrogens with zero attached hydrogens (tertiary/aromatic N) is 4. The topological polar surface area (TPSA) is 84.7 Å². The molecule has 0 radical (unpaired) electrons. The van der Waals surface area contributed by atoms with Crippen LogP contribution in [0.4, 0.5) is 5.69 Å². The van der Waals surface area contributed by atoms with Crippen molar-refractivity contribution in [2.45, 2.75) is 18.7 Å². The molecule has 0 unspecified atom stereocenters. The number of aryl methyl sites for hydroxylation is 2. The summed E-state index contributed by atoms with van der Waals surface area (Å²) in [6.07, 6.45) is 0. The quantitative estimate of drug-likeness (QED) is 0.582. The van der Waals surface area contributed by atoms with Crippen molar-refractivity contribution in [1.29, 1.82) is 0 Å². The van der Waals surface area contributed by atoms with Crippen LogP contribution >= 0.6 is 11.3 Å². The highest BCUT2D eigenvalue weighted by Gasteiger charge is 2.33. The second-order valence-electron chi connectivity index (χ2n) is 7.35. The maximum absolute atomic E-state index is 13.3. The lowest BCUT2D eigenvalue weighted by atomic mass is 10.2. The number of hydrogen-bond acceptors (Lipinski definition) is 7. The predicted octanol–water partition coefficient (Wildman–Crippen LogP) is 2.77. The molecule has 3 aromatic rings. The molecule has 1 aliphatic rings. The molecular weight excluding hydrogens is 436 g/mol. The summed E-state index contributed by atoms with van der Waals surface area (Å²) in [7, 11) is -2.17. The monoisotopic (exact) mass is 460 g/mol. The molecule has 1 aromatic carbocycles. The zero-order valence-corrected chi connectivity index (χ0v) is 19.2. The zero-order valence-electron chi connectivity index (χ0n) is 17.6. The average Bonchev–Trinajstić information content (AvgIpc) is 3.40. The van der Waals surface area contributed by atoms with Crippen LogP contribution in [0, 0.1) is 13.8 Å². The van der Waals surface area contributed by atoms with Crippen LogP contribution in [0.15, 0.2) is 46.7 Å². The van der Waals surface area contributed by atoms with Gasteiger partial charge in [-0.05, 0) is 55.6 Å². The van der Waals surface area contributed by atoms with Crippen molar-refractivity contribution in [3.63, 3.8) is 0 Å².